The molecule has 138 valence electrons. The van der Waals surface area contributed by atoms with Gasteiger partial charge in [-0.1, -0.05) is 42.4 Å². The van der Waals surface area contributed by atoms with E-state index >= 15 is 0 Å². The average Bonchev–Trinajstić information content (AvgIpc) is 3.06. The van der Waals surface area contributed by atoms with Gasteiger partial charge in [0.25, 0.3) is 5.91 Å². The van der Waals surface area contributed by atoms with Crippen LogP contribution in [0.1, 0.15) is 35.2 Å². The van der Waals surface area contributed by atoms with E-state index in [-0.39, 0.29) is 17.7 Å². The van der Waals surface area contributed by atoms with E-state index in [2.05, 4.69) is 21.9 Å². The quantitative estimate of drug-likeness (QED) is 0.501. The third kappa shape index (κ3) is 4.31. The summed E-state index contributed by atoms with van der Waals surface area (Å²) in [6, 6.07) is 15.5. The summed E-state index contributed by atoms with van der Waals surface area (Å²) in [5.41, 5.74) is 7.67. The molecule has 5 nitrogen and oxygen atoms in total. The summed E-state index contributed by atoms with van der Waals surface area (Å²) < 4.78 is 2.23. The summed E-state index contributed by atoms with van der Waals surface area (Å²) in [6.07, 6.45) is 2.90. The summed E-state index contributed by atoms with van der Waals surface area (Å²) in [7, 11) is 0. The van der Waals surface area contributed by atoms with Crippen LogP contribution in [0.15, 0.2) is 52.9 Å². The third-order valence-corrected chi connectivity index (χ3v) is 6.88. The van der Waals surface area contributed by atoms with Gasteiger partial charge in [-0.05, 0) is 42.7 Å². The van der Waals surface area contributed by atoms with E-state index in [1.807, 2.05) is 30.3 Å². The Hall–Kier alpha value is -2.38. The second-order valence-electron chi connectivity index (χ2n) is 6.50. The SMILES string of the molecule is O=C(NNC(=O)C1CCC1)c1ccc(CSc2nc3ccccc3s2)cc1. The lowest BCUT2D eigenvalue weighted by Gasteiger charge is -2.23. The van der Waals surface area contributed by atoms with Crippen LogP contribution in [0.2, 0.25) is 0 Å². The van der Waals surface area contributed by atoms with Crippen LogP contribution in [-0.2, 0) is 10.5 Å². The van der Waals surface area contributed by atoms with Crippen LogP contribution in [0.3, 0.4) is 0 Å². The highest BCUT2D eigenvalue weighted by molar-refractivity contribution is 8.00. The lowest BCUT2D eigenvalue weighted by Crippen LogP contribution is -2.46. The molecule has 0 aliphatic heterocycles. The zero-order valence-electron chi connectivity index (χ0n) is 14.6. The topological polar surface area (TPSA) is 71.1 Å². The fraction of sp³-hybridized carbons (Fsp3) is 0.250. The maximum atomic E-state index is 12.1. The standard InChI is InChI=1S/C20H19N3O2S2/c24-18(14-4-3-5-14)22-23-19(25)15-10-8-13(9-11-15)12-26-20-21-16-6-1-2-7-17(16)27-20/h1-2,6-11,14H,3-5,12H2,(H,22,24)(H,23,25). The molecule has 0 bridgehead atoms. The van der Waals surface area contributed by atoms with Gasteiger partial charge in [0.05, 0.1) is 10.2 Å². The van der Waals surface area contributed by atoms with E-state index in [9.17, 15) is 9.59 Å². The first-order valence-corrected chi connectivity index (χ1v) is 10.7. The molecule has 0 saturated heterocycles. The molecule has 1 aliphatic carbocycles. The lowest BCUT2D eigenvalue weighted by molar-refractivity contribution is -0.128. The zero-order chi connectivity index (χ0) is 18.6. The number of carbonyl (C=O) groups is 2. The Morgan fingerprint density at radius 2 is 1.85 bits per heavy atom. The smallest absolute Gasteiger partial charge is 0.269 e. The van der Waals surface area contributed by atoms with Crippen molar-refractivity contribution in [1.29, 1.82) is 0 Å². The highest BCUT2D eigenvalue weighted by Crippen LogP contribution is 2.31. The molecule has 1 heterocycles. The summed E-state index contributed by atoms with van der Waals surface area (Å²) >= 11 is 3.38. The molecule has 1 aromatic heterocycles. The first-order valence-electron chi connectivity index (χ1n) is 8.86. The number of hydrazine groups is 1. The minimum atomic E-state index is -0.298. The molecule has 2 N–H and O–H groups in total. The molecule has 7 heteroatoms. The van der Waals surface area contributed by atoms with Gasteiger partial charge in [0.2, 0.25) is 5.91 Å². The van der Waals surface area contributed by atoms with Crippen molar-refractivity contribution in [1.82, 2.24) is 15.8 Å². The van der Waals surface area contributed by atoms with Crippen LogP contribution in [-0.4, -0.2) is 16.8 Å². The number of carbonyl (C=O) groups excluding carboxylic acids is 2. The Morgan fingerprint density at radius 3 is 2.56 bits per heavy atom. The summed E-state index contributed by atoms with van der Waals surface area (Å²) in [5, 5.41) is 0. The van der Waals surface area contributed by atoms with Crippen molar-refractivity contribution in [2.24, 2.45) is 5.92 Å². The van der Waals surface area contributed by atoms with Crippen molar-refractivity contribution in [3.8, 4) is 0 Å². The van der Waals surface area contributed by atoms with E-state index in [1.54, 1.807) is 35.2 Å². The van der Waals surface area contributed by atoms with Gasteiger partial charge in [-0.15, -0.1) is 11.3 Å². The Labute approximate surface area is 165 Å². The first-order chi connectivity index (χ1) is 13.2. The van der Waals surface area contributed by atoms with Crippen LogP contribution in [0, 0.1) is 5.92 Å². The number of fused-ring (bicyclic) bond motifs is 1. The third-order valence-electron chi connectivity index (χ3n) is 4.63. The largest absolute Gasteiger partial charge is 0.273 e. The van der Waals surface area contributed by atoms with E-state index in [0.29, 0.717) is 5.56 Å². The first kappa shape index (κ1) is 18.0. The van der Waals surface area contributed by atoms with Crippen LogP contribution in [0.4, 0.5) is 0 Å². The molecule has 2 aromatic carbocycles. The Kier molecular flexibility index (Phi) is 5.40. The molecule has 2 amide bonds. The predicted molar refractivity (Wildman–Crippen MR) is 109 cm³/mol. The molecule has 1 fully saturated rings. The molecule has 27 heavy (non-hydrogen) atoms. The van der Waals surface area contributed by atoms with Crippen molar-refractivity contribution in [2.75, 3.05) is 0 Å². The van der Waals surface area contributed by atoms with Gasteiger partial charge >= 0.3 is 0 Å². The summed E-state index contributed by atoms with van der Waals surface area (Å²) in [5.74, 6) is 0.443. The highest BCUT2D eigenvalue weighted by atomic mass is 32.2. The fourth-order valence-electron chi connectivity index (χ4n) is 2.77. The number of hydrogen-bond donors (Lipinski definition) is 2. The normalized spacial score (nSPS) is 13.9. The van der Waals surface area contributed by atoms with E-state index in [1.165, 1.54) is 4.70 Å². The monoisotopic (exact) mass is 397 g/mol. The van der Waals surface area contributed by atoms with Gasteiger partial charge < -0.3 is 0 Å². The van der Waals surface area contributed by atoms with Crippen molar-refractivity contribution in [3.05, 3.63) is 59.7 Å². The van der Waals surface area contributed by atoms with Crippen molar-refractivity contribution in [2.45, 2.75) is 29.4 Å². The van der Waals surface area contributed by atoms with Crippen molar-refractivity contribution >= 4 is 45.1 Å². The number of thioether (sulfide) groups is 1. The number of para-hydroxylation sites is 1. The van der Waals surface area contributed by atoms with Gasteiger partial charge in [0, 0.05) is 17.2 Å². The van der Waals surface area contributed by atoms with Crippen LogP contribution in [0.25, 0.3) is 10.2 Å². The molecule has 1 aliphatic rings. The number of nitrogens with one attached hydrogen (secondary N) is 2. The maximum Gasteiger partial charge on any atom is 0.269 e. The minimum Gasteiger partial charge on any atom is -0.273 e. The molecule has 0 spiro atoms. The second kappa shape index (κ2) is 8.10. The molecule has 3 aromatic rings. The molecule has 0 atom stereocenters. The van der Waals surface area contributed by atoms with Gasteiger partial charge in [0.1, 0.15) is 0 Å². The number of thiazole rings is 1. The lowest BCUT2D eigenvalue weighted by atomic mass is 9.85. The molecular weight excluding hydrogens is 378 g/mol. The highest BCUT2D eigenvalue weighted by Gasteiger charge is 2.25. The second-order valence-corrected chi connectivity index (χ2v) is 8.76. The summed E-state index contributed by atoms with van der Waals surface area (Å²) in [4.78, 5) is 28.5. The molecule has 4 rings (SSSR count). The van der Waals surface area contributed by atoms with Gasteiger partial charge in [-0.25, -0.2) is 4.98 Å². The number of aromatic nitrogens is 1. The van der Waals surface area contributed by atoms with Gasteiger partial charge in [-0.2, -0.15) is 0 Å². The number of hydrogen-bond acceptors (Lipinski definition) is 5. The van der Waals surface area contributed by atoms with E-state index in [4.69, 9.17) is 0 Å². The Bertz CT molecular complexity index is 932. The summed E-state index contributed by atoms with van der Waals surface area (Å²) in [6.45, 7) is 0. The number of rotatable bonds is 5. The fourth-order valence-corrected chi connectivity index (χ4v) is 4.80. The zero-order valence-corrected chi connectivity index (χ0v) is 16.2. The van der Waals surface area contributed by atoms with Crippen LogP contribution in [0.5, 0.6) is 0 Å². The maximum absolute atomic E-state index is 12.1. The van der Waals surface area contributed by atoms with Crippen LogP contribution >= 0.6 is 23.1 Å². The van der Waals surface area contributed by atoms with Gasteiger partial charge in [-0.3, -0.25) is 20.4 Å². The van der Waals surface area contributed by atoms with E-state index < -0.39 is 0 Å². The molecule has 0 unspecified atom stereocenters. The molecule has 1 saturated carbocycles. The van der Waals surface area contributed by atoms with Crippen LogP contribution < -0.4 is 10.9 Å². The van der Waals surface area contributed by atoms with Gasteiger partial charge in [0.15, 0.2) is 4.34 Å². The number of amides is 2. The minimum absolute atomic E-state index is 0.0483. The van der Waals surface area contributed by atoms with Crippen molar-refractivity contribution < 1.29 is 9.59 Å². The average molecular weight is 398 g/mol. The predicted octanol–water partition coefficient (Wildman–Crippen LogP) is 4.15. The van der Waals surface area contributed by atoms with Crippen molar-refractivity contribution in [3.63, 3.8) is 0 Å². The Morgan fingerprint density at radius 1 is 1.07 bits per heavy atom. The molecule has 0 radical (unpaired) electrons. The number of nitrogens with zero attached hydrogens (tertiary/aromatic N) is 1. The molecular formula is C20H19N3O2S2. The Balaban J connectivity index is 1.30. The van der Waals surface area contributed by atoms with E-state index in [0.717, 1.165) is 40.4 Å². The number of benzene rings is 2.